The minimum atomic E-state index is -0.192. The number of methoxy groups -OCH3 is 1. The van der Waals surface area contributed by atoms with Crippen LogP contribution < -0.4 is 10.1 Å². The van der Waals surface area contributed by atoms with Crippen LogP contribution in [0, 0.1) is 5.82 Å². The van der Waals surface area contributed by atoms with Gasteiger partial charge in [0.25, 0.3) is 0 Å². The Bertz CT molecular complexity index is 403. The van der Waals surface area contributed by atoms with Crippen LogP contribution in [0.5, 0.6) is 5.75 Å². The maximum Gasteiger partial charge on any atom is 0.123 e. The summed E-state index contributed by atoms with van der Waals surface area (Å²) in [5, 5.41) is 3.40. The van der Waals surface area contributed by atoms with Crippen molar-refractivity contribution in [2.24, 2.45) is 0 Å². The number of hydrogen-bond acceptors (Lipinski definition) is 3. The fraction of sp³-hybridized carbons (Fsp3) is 0.600. The van der Waals surface area contributed by atoms with Gasteiger partial charge in [0.2, 0.25) is 0 Å². The van der Waals surface area contributed by atoms with Gasteiger partial charge in [-0.05, 0) is 37.6 Å². The zero-order valence-electron chi connectivity index (χ0n) is 11.8. The molecule has 4 heteroatoms. The molecular weight excluding hydrogens is 243 g/mol. The van der Waals surface area contributed by atoms with E-state index in [-0.39, 0.29) is 11.9 Å². The Kier molecular flexibility index (Phi) is 5.16. The third kappa shape index (κ3) is 3.45. The molecule has 0 saturated carbocycles. The molecule has 1 N–H and O–H groups in total. The molecule has 3 nitrogen and oxygen atoms in total. The first-order valence-corrected chi connectivity index (χ1v) is 7.04. The minimum Gasteiger partial charge on any atom is -0.496 e. The van der Waals surface area contributed by atoms with E-state index in [0.717, 1.165) is 50.3 Å². The van der Waals surface area contributed by atoms with Gasteiger partial charge in [-0.15, -0.1) is 0 Å². The SMILES string of the molecule is CCC(c1cc(F)ccc1OC)N1CCCNCC1. The van der Waals surface area contributed by atoms with Crippen molar-refractivity contribution in [2.75, 3.05) is 33.3 Å². The monoisotopic (exact) mass is 266 g/mol. The fourth-order valence-corrected chi connectivity index (χ4v) is 2.82. The van der Waals surface area contributed by atoms with Crippen LogP contribution in [0.15, 0.2) is 18.2 Å². The fourth-order valence-electron chi connectivity index (χ4n) is 2.82. The molecule has 0 bridgehead atoms. The standard InChI is InChI=1S/C15H23FN2O/c1-3-14(18-9-4-7-17-8-10-18)13-11-12(16)5-6-15(13)19-2/h5-6,11,14,17H,3-4,7-10H2,1-2H3. The van der Waals surface area contributed by atoms with E-state index in [0.29, 0.717) is 0 Å². The topological polar surface area (TPSA) is 24.5 Å². The molecule has 19 heavy (non-hydrogen) atoms. The van der Waals surface area contributed by atoms with Crippen LogP contribution in [-0.2, 0) is 0 Å². The first kappa shape index (κ1) is 14.3. The number of halogens is 1. The Hall–Kier alpha value is -1.13. The molecule has 1 fully saturated rings. The van der Waals surface area contributed by atoms with E-state index in [1.807, 2.05) is 0 Å². The number of nitrogens with zero attached hydrogens (tertiary/aromatic N) is 1. The third-order valence-corrected chi connectivity index (χ3v) is 3.75. The lowest BCUT2D eigenvalue weighted by molar-refractivity contribution is 0.200. The maximum absolute atomic E-state index is 13.5. The molecule has 0 aromatic heterocycles. The molecule has 1 aromatic carbocycles. The van der Waals surface area contributed by atoms with Crippen molar-refractivity contribution in [2.45, 2.75) is 25.8 Å². The van der Waals surface area contributed by atoms with Crippen LogP contribution in [-0.4, -0.2) is 38.2 Å². The highest BCUT2D eigenvalue weighted by Gasteiger charge is 2.23. The van der Waals surface area contributed by atoms with Crippen LogP contribution in [0.25, 0.3) is 0 Å². The summed E-state index contributed by atoms with van der Waals surface area (Å²) in [5.41, 5.74) is 0.965. The van der Waals surface area contributed by atoms with E-state index in [2.05, 4.69) is 17.1 Å². The van der Waals surface area contributed by atoms with Crippen LogP contribution >= 0.6 is 0 Å². The highest BCUT2D eigenvalue weighted by molar-refractivity contribution is 5.36. The first-order valence-electron chi connectivity index (χ1n) is 7.04. The molecule has 2 rings (SSSR count). The molecular formula is C15H23FN2O. The van der Waals surface area contributed by atoms with Gasteiger partial charge in [-0.3, -0.25) is 4.90 Å². The van der Waals surface area contributed by atoms with Crippen LogP contribution in [0.3, 0.4) is 0 Å². The van der Waals surface area contributed by atoms with Gasteiger partial charge in [-0.2, -0.15) is 0 Å². The van der Waals surface area contributed by atoms with Crippen LogP contribution in [0.4, 0.5) is 4.39 Å². The van der Waals surface area contributed by atoms with E-state index < -0.39 is 0 Å². The largest absolute Gasteiger partial charge is 0.496 e. The van der Waals surface area contributed by atoms with E-state index in [1.54, 1.807) is 19.2 Å². The van der Waals surface area contributed by atoms with Crippen LogP contribution in [0.2, 0.25) is 0 Å². The summed E-state index contributed by atoms with van der Waals surface area (Å²) in [5.74, 6) is 0.590. The lowest BCUT2D eigenvalue weighted by Crippen LogP contribution is -2.32. The molecule has 0 aliphatic carbocycles. The summed E-state index contributed by atoms with van der Waals surface area (Å²) in [7, 11) is 1.65. The summed E-state index contributed by atoms with van der Waals surface area (Å²) in [6.45, 7) is 6.25. The summed E-state index contributed by atoms with van der Waals surface area (Å²) in [4.78, 5) is 2.43. The number of benzene rings is 1. The predicted molar refractivity (Wildman–Crippen MR) is 75.0 cm³/mol. The molecule has 0 amide bonds. The molecule has 1 aliphatic rings. The Morgan fingerprint density at radius 3 is 2.95 bits per heavy atom. The van der Waals surface area contributed by atoms with Crippen molar-refractivity contribution in [1.29, 1.82) is 0 Å². The molecule has 0 radical (unpaired) electrons. The highest BCUT2D eigenvalue weighted by Crippen LogP contribution is 2.32. The van der Waals surface area contributed by atoms with Gasteiger partial charge in [-0.25, -0.2) is 4.39 Å². The number of nitrogens with one attached hydrogen (secondary N) is 1. The average molecular weight is 266 g/mol. The first-order chi connectivity index (χ1) is 9.26. The second-order valence-corrected chi connectivity index (χ2v) is 4.95. The van der Waals surface area contributed by atoms with Crippen molar-refractivity contribution < 1.29 is 9.13 Å². The molecule has 1 heterocycles. The van der Waals surface area contributed by atoms with E-state index in [4.69, 9.17) is 4.74 Å². The lowest BCUT2D eigenvalue weighted by Gasteiger charge is -2.31. The quantitative estimate of drug-likeness (QED) is 0.906. The predicted octanol–water partition coefficient (Wildman–Crippen LogP) is 2.58. The normalized spacial score (nSPS) is 18.9. The number of rotatable bonds is 4. The number of hydrogen-bond donors (Lipinski definition) is 1. The molecule has 1 aromatic rings. The van der Waals surface area contributed by atoms with Crippen molar-refractivity contribution in [3.8, 4) is 5.75 Å². The molecule has 1 unspecified atom stereocenters. The molecule has 1 saturated heterocycles. The van der Waals surface area contributed by atoms with Gasteiger partial charge in [0.15, 0.2) is 0 Å². The highest BCUT2D eigenvalue weighted by atomic mass is 19.1. The Labute approximate surface area is 114 Å². The Balaban J connectivity index is 2.26. The van der Waals surface area contributed by atoms with Crippen LogP contribution in [0.1, 0.15) is 31.4 Å². The second-order valence-electron chi connectivity index (χ2n) is 4.95. The minimum absolute atomic E-state index is 0.192. The summed E-state index contributed by atoms with van der Waals surface area (Å²) >= 11 is 0. The van der Waals surface area contributed by atoms with Gasteiger partial charge in [-0.1, -0.05) is 6.92 Å². The van der Waals surface area contributed by atoms with Crippen molar-refractivity contribution in [3.63, 3.8) is 0 Å². The Morgan fingerprint density at radius 2 is 2.21 bits per heavy atom. The number of ether oxygens (including phenoxy) is 1. The smallest absolute Gasteiger partial charge is 0.123 e. The third-order valence-electron chi connectivity index (χ3n) is 3.75. The second kappa shape index (κ2) is 6.87. The molecule has 1 aliphatic heterocycles. The van der Waals surface area contributed by atoms with E-state index in [9.17, 15) is 4.39 Å². The van der Waals surface area contributed by atoms with Crippen molar-refractivity contribution in [3.05, 3.63) is 29.6 Å². The average Bonchev–Trinajstić information content (AvgIpc) is 2.69. The van der Waals surface area contributed by atoms with E-state index >= 15 is 0 Å². The van der Waals surface area contributed by atoms with Gasteiger partial charge < -0.3 is 10.1 Å². The van der Waals surface area contributed by atoms with Gasteiger partial charge >= 0.3 is 0 Å². The Morgan fingerprint density at radius 1 is 1.37 bits per heavy atom. The van der Waals surface area contributed by atoms with E-state index in [1.165, 1.54) is 6.07 Å². The molecule has 0 spiro atoms. The zero-order valence-corrected chi connectivity index (χ0v) is 11.8. The summed E-state index contributed by atoms with van der Waals surface area (Å²) in [6.07, 6.45) is 2.09. The molecule has 106 valence electrons. The van der Waals surface area contributed by atoms with Crippen molar-refractivity contribution >= 4 is 0 Å². The summed E-state index contributed by atoms with van der Waals surface area (Å²) < 4.78 is 18.9. The lowest BCUT2D eigenvalue weighted by atomic mass is 10.0. The van der Waals surface area contributed by atoms with Crippen molar-refractivity contribution in [1.82, 2.24) is 10.2 Å². The molecule has 1 atom stereocenters. The van der Waals surface area contributed by atoms with Gasteiger partial charge in [0.05, 0.1) is 7.11 Å². The zero-order chi connectivity index (χ0) is 13.7. The van der Waals surface area contributed by atoms with Gasteiger partial charge in [0.1, 0.15) is 11.6 Å². The maximum atomic E-state index is 13.5. The van der Waals surface area contributed by atoms with Gasteiger partial charge in [0, 0.05) is 31.2 Å². The summed E-state index contributed by atoms with van der Waals surface area (Å²) in [6, 6.07) is 5.03.